The number of para-hydroxylation sites is 1. The number of hydrogen-bond acceptors (Lipinski definition) is 6. The molecule has 0 bridgehead atoms. The van der Waals surface area contributed by atoms with Gasteiger partial charge in [-0.05, 0) is 12.1 Å². The lowest BCUT2D eigenvalue weighted by molar-refractivity contribution is -0.120. The monoisotopic (exact) mass is 280 g/mol. The molecule has 1 aromatic heterocycles. The van der Waals surface area contributed by atoms with Gasteiger partial charge in [-0.15, -0.1) is 0 Å². The van der Waals surface area contributed by atoms with Crippen LogP contribution in [0.3, 0.4) is 0 Å². The van der Waals surface area contributed by atoms with Crippen molar-refractivity contribution in [1.29, 1.82) is 0 Å². The van der Waals surface area contributed by atoms with E-state index in [0.29, 0.717) is 0 Å². The predicted molar refractivity (Wildman–Crippen MR) is 65.9 cm³/mol. The Morgan fingerprint density at radius 3 is 3.00 bits per heavy atom. The van der Waals surface area contributed by atoms with Gasteiger partial charge in [0, 0.05) is 0 Å². The largest absolute Gasteiger partial charge is 0.482 e. The number of nitrogens with zero attached hydrogens (tertiary/aromatic N) is 2. The third kappa shape index (κ3) is 3.75. The van der Waals surface area contributed by atoms with Crippen molar-refractivity contribution in [1.82, 2.24) is 15.5 Å². The Morgan fingerprint density at radius 1 is 1.45 bits per heavy atom. The molecule has 0 atom stereocenters. The lowest BCUT2D eigenvalue weighted by atomic mass is 10.3. The summed E-state index contributed by atoms with van der Waals surface area (Å²) >= 11 is 0. The molecule has 0 fully saturated rings. The minimum Gasteiger partial charge on any atom is -0.482 e. The van der Waals surface area contributed by atoms with Gasteiger partial charge < -0.3 is 20.3 Å². The van der Waals surface area contributed by atoms with Crippen molar-refractivity contribution in [2.75, 3.05) is 6.54 Å². The van der Waals surface area contributed by atoms with Crippen LogP contribution in [0.4, 0.5) is 4.39 Å². The first-order chi connectivity index (χ1) is 9.69. The fourth-order valence-corrected chi connectivity index (χ4v) is 1.37. The highest BCUT2D eigenvalue weighted by Crippen LogP contribution is 2.16. The molecular formula is C12H13FN4O3. The highest BCUT2D eigenvalue weighted by atomic mass is 19.1. The smallest absolute Gasteiger partial charge is 0.246 e. The third-order valence-corrected chi connectivity index (χ3v) is 2.33. The van der Waals surface area contributed by atoms with Crippen molar-refractivity contribution >= 4 is 5.91 Å². The topological polar surface area (TPSA) is 103 Å². The fraction of sp³-hybridized carbons (Fsp3) is 0.250. The van der Waals surface area contributed by atoms with Crippen LogP contribution in [0.2, 0.25) is 0 Å². The minimum atomic E-state index is -0.466. The number of carbonyl (C=O) groups excluding carboxylic acids is 1. The van der Waals surface area contributed by atoms with Crippen molar-refractivity contribution in [2.24, 2.45) is 5.73 Å². The molecule has 0 unspecified atom stereocenters. The first-order valence-electron chi connectivity index (χ1n) is 5.84. The van der Waals surface area contributed by atoms with Crippen molar-refractivity contribution in [2.45, 2.75) is 13.2 Å². The molecule has 8 heteroatoms. The van der Waals surface area contributed by atoms with Crippen LogP contribution in [0.15, 0.2) is 28.8 Å². The maximum absolute atomic E-state index is 13.3. The molecule has 106 valence electrons. The van der Waals surface area contributed by atoms with Crippen LogP contribution >= 0.6 is 0 Å². The van der Waals surface area contributed by atoms with Gasteiger partial charge >= 0.3 is 0 Å². The van der Waals surface area contributed by atoms with Crippen molar-refractivity contribution in [3.05, 3.63) is 41.8 Å². The van der Waals surface area contributed by atoms with Gasteiger partial charge in [0.25, 0.3) is 0 Å². The van der Waals surface area contributed by atoms with Gasteiger partial charge in [-0.1, -0.05) is 17.3 Å². The van der Waals surface area contributed by atoms with Crippen molar-refractivity contribution in [3.63, 3.8) is 0 Å². The van der Waals surface area contributed by atoms with E-state index in [4.69, 9.17) is 15.0 Å². The minimum absolute atomic E-state index is 0.0325. The summed E-state index contributed by atoms with van der Waals surface area (Å²) < 4.78 is 23.4. The third-order valence-electron chi connectivity index (χ3n) is 2.33. The summed E-state index contributed by atoms with van der Waals surface area (Å²) in [7, 11) is 0. The molecule has 1 amide bonds. The summed E-state index contributed by atoms with van der Waals surface area (Å²) in [4.78, 5) is 14.9. The highest BCUT2D eigenvalue weighted by Gasteiger charge is 2.09. The number of rotatable bonds is 6. The average Bonchev–Trinajstić information content (AvgIpc) is 2.92. The number of aromatic nitrogens is 2. The molecule has 0 spiro atoms. The van der Waals surface area contributed by atoms with Crippen LogP contribution < -0.4 is 15.8 Å². The van der Waals surface area contributed by atoms with Gasteiger partial charge in [0.15, 0.2) is 18.2 Å². The maximum atomic E-state index is 13.3. The normalized spacial score (nSPS) is 10.3. The molecule has 7 nitrogen and oxygen atoms in total. The lowest BCUT2D eigenvalue weighted by Gasteiger charge is -2.03. The molecule has 0 aliphatic rings. The van der Waals surface area contributed by atoms with Gasteiger partial charge in [-0.2, -0.15) is 4.98 Å². The standard InChI is InChI=1S/C12H13FN4O3/c13-8-3-1-2-4-9(8)19-7-10-16-12(20-17-10)6-15-11(18)5-14/h1-4H,5-7,14H2,(H,15,18). The van der Waals surface area contributed by atoms with E-state index >= 15 is 0 Å². The molecule has 0 radical (unpaired) electrons. The Kier molecular flexibility index (Phi) is 4.61. The summed E-state index contributed by atoms with van der Waals surface area (Å²) in [5, 5.41) is 6.13. The maximum Gasteiger partial charge on any atom is 0.246 e. The molecule has 3 N–H and O–H groups in total. The molecule has 1 aromatic carbocycles. The van der Waals surface area contributed by atoms with Gasteiger partial charge in [-0.3, -0.25) is 4.79 Å². The molecular weight excluding hydrogens is 267 g/mol. The fourth-order valence-electron chi connectivity index (χ4n) is 1.37. The number of halogens is 1. The zero-order valence-corrected chi connectivity index (χ0v) is 10.5. The van der Waals surface area contributed by atoms with Gasteiger partial charge in [-0.25, -0.2) is 4.39 Å². The van der Waals surface area contributed by atoms with E-state index in [1.807, 2.05) is 0 Å². The van der Waals surface area contributed by atoms with Gasteiger partial charge in [0.05, 0.1) is 13.1 Å². The number of nitrogens with two attached hydrogens (primary N) is 1. The van der Waals surface area contributed by atoms with E-state index in [1.54, 1.807) is 12.1 Å². The van der Waals surface area contributed by atoms with Gasteiger partial charge in [0.1, 0.15) is 0 Å². The summed E-state index contributed by atoms with van der Waals surface area (Å²) in [6.45, 7) is -0.0601. The van der Waals surface area contributed by atoms with Gasteiger partial charge in [0.2, 0.25) is 17.6 Å². The predicted octanol–water partition coefficient (Wildman–Crippen LogP) is 0.363. The number of hydrogen-bond donors (Lipinski definition) is 2. The Bertz CT molecular complexity index is 588. The van der Waals surface area contributed by atoms with Crippen molar-refractivity contribution in [3.8, 4) is 5.75 Å². The first kappa shape index (κ1) is 13.9. The Labute approximate surface area is 113 Å². The van der Waals surface area contributed by atoms with Crippen LogP contribution in [0.5, 0.6) is 5.75 Å². The molecule has 1 heterocycles. The Hall–Kier alpha value is -2.48. The van der Waals surface area contributed by atoms with E-state index in [2.05, 4.69) is 15.5 Å². The second-order valence-electron chi connectivity index (χ2n) is 3.80. The number of benzene rings is 1. The molecule has 0 aliphatic carbocycles. The number of carbonyl (C=O) groups is 1. The second-order valence-corrected chi connectivity index (χ2v) is 3.80. The average molecular weight is 280 g/mol. The van der Waals surface area contributed by atoms with E-state index in [1.165, 1.54) is 12.1 Å². The highest BCUT2D eigenvalue weighted by molar-refractivity contribution is 5.77. The zero-order chi connectivity index (χ0) is 14.4. The van der Waals surface area contributed by atoms with E-state index in [-0.39, 0.29) is 43.1 Å². The molecule has 0 saturated carbocycles. The number of ether oxygens (including phenoxy) is 1. The molecule has 0 saturated heterocycles. The van der Waals surface area contributed by atoms with E-state index < -0.39 is 5.82 Å². The van der Waals surface area contributed by atoms with Crippen LogP contribution in [0, 0.1) is 5.82 Å². The Balaban J connectivity index is 1.87. The lowest BCUT2D eigenvalue weighted by Crippen LogP contribution is -2.29. The molecule has 0 aliphatic heterocycles. The summed E-state index contributed by atoms with van der Waals surface area (Å²) in [5.41, 5.74) is 5.13. The summed E-state index contributed by atoms with van der Waals surface area (Å²) in [6, 6.07) is 6.01. The van der Waals surface area contributed by atoms with Crippen LogP contribution in [0.1, 0.15) is 11.7 Å². The summed E-state index contributed by atoms with van der Waals surface area (Å²) in [6.07, 6.45) is 0. The van der Waals surface area contributed by atoms with Crippen molar-refractivity contribution < 1.29 is 18.4 Å². The van der Waals surface area contributed by atoms with Crippen LogP contribution in [-0.4, -0.2) is 22.6 Å². The van der Waals surface area contributed by atoms with E-state index in [9.17, 15) is 9.18 Å². The summed E-state index contributed by atoms with van der Waals surface area (Å²) in [5.74, 6) is -0.210. The number of amides is 1. The van der Waals surface area contributed by atoms with Crippen LogP contribution in [0.25, 0.3) is 0 Å². The molecule has 2 rings (SSSR count). The SMILES string of the molecule is NCC(=O)NCc1nc(COc2ccccc2F)no1. The Morgan fingerprint density at radius 2 is 2.25 bits per heavy atom. The van der Waals surface area contributed by atoms with E-state index in [0.717, 1.165) is 0 Å². The zero-order valence-electron chi connectivity index (χ0n) is 10.5. The second kappa shape index (κ2) is 6.62. The first-order valence-corrected chi connectivity index (χ1v) is 5.84. The molecule has 2 aromatic rings. The molecule has 20 heavy (non-hydrogen) atoms. The van der Waals surface area contributed by atoms with Crippen LogP contribution in [-0.2, 0) is 17.9 Å². The quantitative estimate of drug-likeness (QED) is 0.792. The number of nitrogens with one attached hydrogen (secondary N) is 1.